The lowest BCUT2D eigenvalue weighted by Crippen LogP contribution is -2.49. The van der Waals surface area contributed by atoms with Gasteiger partial charge in [-0.15, -0.1) is 24.8 Å². The van der Waals surface area contributed by atoms with Gasteiger partial charge in [0.2, 0.25) is 0 Å². The van der Waals surface area contributed by atoms with Crippen LogP contribution >= 0.6 is 36.4 Å². The second kappa shape index (κ2) is 9.11. The quantitative estimate of drug-likeness (QED) is 0.784. The molecule has 4 nitrogen and oxygen atoms in total. The lowest BCUT2D eigenvalue weighted by molar-refractivity contribution is 0.0746. The molecule has 0 bridgehead atoms. The van der Waals surface area contributed by atoms with E-state index in [1.807, 2.05) is 29.2 Å². The molecular formula is C17H20Cl3N3O. The molecular weight excluding hydrogens is 369 g/mol. The first-order chi connectivity index (χ1) is 10.6. The van der Waals surface area contributed by atoms with Gasteiger partial charge < -0.3 is 9.80 Å². The number of anilines is 1. The molecule has 1 aromatic heterocycles. The number of benzene rings is 1. The van der Waals surface area contributed by atoms with Gasteiger partial charge in [-0.25, -0.2) is 0 Å². The zero-order valence-corrected chi connectivity index (χ0v) is 15.7. The summed E-state index contributed by atoms with van der Waals surface area (Å²) < 4.78 is 0. The predicted octanol–water partition coefficient (Wildman–Crippen LogP) is 3.85. The van der Waals surface area contributed by atoms with Crippen LogP contribution in [0.25, 0.3) is 0 Å². The SMILES string of the molecule is Cc1ccc(Cl)cc1N1CCN(C(=O)c2cccnc2)CC1.Cl.Cl. The van der Waals surface area contributed by atoms with Gasteiger partial charge in [-0.3, -0.25) is 9.78 Å². The van der Waals surface area contributed by atoms with Crippen molar-refractivity contribution in [1.82, 2.24) is 9.88 Å². The predicted molar refractivity (Wildman–Crippen MR) is 103 cm³/mol. The lowest BCUT2D eigenvalue weighted by atomic mass is 10.1. The Morgan fingerprint density at radius 2 is 1.83 bits per heavy atom. The maximum absolute atomic E-state index is 12.4. The van der Waals surface area contributed by atoms with Crippen molar-refractivity contribution in [3.63, 3.8) is 0 Å². The summed E-state index contributed by atoms with van der Waals surface area (Å²) in [5, 5.41) is 0.745. The maximum atomic E-state index is 12.4. The fourth-order valence-corrected chi connectivity index (χ4v) is 2.91. The molecule has 1 amide bonds. The Morgan fingerprint density at radius 3 is 2.46 bits per heavy atom. The topological polar surface area (TPSA) is 36.4 Å². The third kappa shape index (κ3) is 4.53. The normalized spacial score (nSPS) is 13.8. The minimum Gasteiger partial charge on any atom is -0.368 e. The third-order valence-electron chi connectivity index (χ3n) is 3.99. The molecule has 130 valence electrons. The van der Waals surface area contributed by atoms with E-state index in [2.05, 4.69) is 16.8 Å². The first kappa shape index (κ1) is 20.6. The van der Waals surface area contributed by atoms with Crippen LogP contribution in [-0.4, -0.2) is 42.0 Å². The molecule has 0 aliphatic carbocycles. The van der Waals surface area contributed by atoms with Crippen molar-refractivity contribution in [2.45, 2.75) is 6.92 Å². The summed E-state index contributed by atoms with van der Waals surface area (Å²) >= 11 is 6.10. The molecule has 2 aromatic rings. The Hall–Kier alpha value is -1.49. The zero-order chi connectivity index (χ0) is 15.5. The molecule has 1 aliphatic heterocycles. The molecule has 1 aromatic carbocycles. The molecule has 1 fully saturated rings. The summed E-state index contributed by atoms with van der Waals surface area (Å²) in [5.41, 5.74) is 3.01. The van der Waals surface area contributed by atoms with Crippen molar-refractivity contribution in [2.24, 2.45) is 0 Å². The van der Waals surface area contributed by atoms with E-state index in [4.69, 9.17) is 11.6 Å². The Bertz CT molecular complexity index is 674. The Balaban J connectivity index is 0.00000144. The van der Waals surface area contributed by atoms with Crippen LogP contribution in [0.15, 0.2) is 42.7 Å². The standard InChI is InChI=1S/C17H18ClN3O.2ClH/c1-13-4-5-15(18)11-16(13)20-7-9-21(10-8-20)17(22)14-3-2-6-19-12-14;;/h2-6,11-12H,7-10H2,1H3;2*1H. The summed E-state index contributed by atoms with van der Waals surface area (Å²) in [4.78, 5) is 20.6. The van der Waals surface area contributed by atoms with E-state index in [0.29, 0.717) is 18.7 Å². The highest BCUT2D eigenvalue weighted by Crippen LogP contribution is 2.25. The van der Waals surface area contributed by atoms with Gasteiger partial charge >= 0.3 is 0 Å². The van der Waals surface area contributed by atoms with Crippen molar-refractivity contribution < 1.29 is 4.79 Å². The van der Waals surface area contributed by atoms with Crippen molar-refractivity contribution in [3.05, 3.63) is 58.9 Å². The van der Waals surface area contributed by atoms with E-state index in [-0.39, 0.29) is 30.7 Å². The summed E-state index contributed by atoms with van der Waals surface area (Å²) in [5.74, 6) is 0.0515. The fourth-order valence-electron chi connectivity index (χ4n) is 2.75. The van der Waals surface area contributed by atoms with Crippen LogP contribution in [0.5, 0.6) is 0 Å². The third-order valence-corrected chi connectivity index (χ3v) is 4.22. The van der Waals surface area contributed by atoms with Gasteiger partial charge in [0.25, 0.3) is 5.91 Å². The zero-order valence-electron chi connectivity index (χ0n) is 13.3. The van der Waals surface area contributed by atoms with Gasteiger partial charge in [-0.05, 0) is 36.8 Å². The van der Waals surface area contributed by atoms with Gasteiger partial charge in [-0.2, -0.15) is 0 Å². The van der Waals surface area contributed by atoms with E-state index in [9.17, 15) is 4.79 Å². The molecule has 0 spiro atoms. The van der Waals surface area contributed by atoms with Gasteiger partial charge in [0.1, 0.15) is 0 Å². The Kier molecular flexibility index (Phi) is 7.80. The van der Waals surface area contributed by atoms with E-state index in [0.717, 1.165) is 23.8 Å². The number of nitrogens with zero attached hydrogens (tertiary/aromatic N) is 3. The molecule has 7 heteroatoms. The van der Waals surface area contributed by atoms with Crippen molar-refractivity contribution in [2.75, 3.05) is 31.1 Å². The number of carbonyl (C=O) groups excluding carboxylic acids is 1. The van der Waals surface area contributed by atoms with Gasteiger partial charge in [-0.1, -0.05) is 17.7 Å². The molecule has 2 heterocycles. The molecule has 1 saturated heterocycles. The summed E-state index contributed by atoms with van der Waals surface area (Å²) in [6, 6.07) is 9.53. The molecule has 0 saturated carbocycles. The first-order valence-corrected chi connectivity index (χ1v) is 7.73. The average Bonchev–Trinajstić information content (AvgIpc) is 2.57. The Morgan fingerprint density at radius 1 is 1.12 bits per heavy atom. The summed E-state index contributed by atoms with van der Waals surface area (Å²) in [6.07, 6.45) is 3.30. The molecule has 0 atom stereocenters. The number of piperazine rings is 1. The Labute approximate surface area is 159 Å². The van der Waals surface area contributed by atoms with Crippen molar-refractivity contribution in [1.29, 1.82) is 0 Å². The van der Waals surface area contributed by atoms with Gasteiger partial charge in [0, 0.05) is 49.3 Å². The van der Waals surface area contributed by atoms with Crippen LogP contribution in [0, 0.1) is 6.92 Å². The second-order valence-electron chi connectivity index (χ2n) is 5.45. The number of hydrogen-bond donors (Lipinski definition) is 0. The van der Waals surface area contributed by atoms with Crippen LogP contribution < -0.4 is 4.90 Å². The number of aryl methyl sites for hydroxylation is 1. The minimum atomic E-state index is 0. The number of rotatable bonds is 2. The maximum Gasteiger partial charge on any atom is 0.255 e. The fraction of sp³-hybridized carbons (Fsp3) is 0.294. The lowest BCUT2D eigenvalue weighted by Gasteiger charge is -2.36. The number of hydrogen-bond acceptors (Lipinski definition) is 3. The highest BCUT2D eigenvalue weighted by Gasteiger charge is 2.23. The van der Waals surface area contributed by atoms with Crippen LogP contribution in [0.3, 0.4) is 0 Å². The smallest absolute Gasteiger partial charge is 0.255 e. The largest absolute Gasteiger partial charge is 0.368 e. The average molecular weight is 389 g/mol. The number of amides is 1. The minimum absolute atomic E-state index is 0. The monoisotopic (exact) mass is 387 g/mol. The summed E-state index contributed by atoms with van der Waals surface area (Å²) in [6.45, 7) is 5.12. The molecule has 0 radical (unpaired) electrons. The number of carbonyl (C=O) groups is 1. The molecule has 24 heavy (non-hydrogen) atoms. The van der Waals surface area contributed by atoms with E-state index >= 15 is 0 Å². The van der Waals surface area contributed by atoms with E-state index in [1.54, 1.807) is 18.5 Å². The molecule has 0 N–H and O–H groups in total. The molecule has 3 rings (SSSR count). The molecule has 0 unspecified atom stereocenters. The van der Waals surface area contributed by atoms with Crippen LogP contribution in [0.2, 0.25) is 5.02 Å². The highest BCUT2D eigenvalue weighted by molar-refractivity contribution is 6.30. The second-order valence-corrected chi connectivity index (χ2v) is 5.89. The summed E-state index contributed by atoms with van der Waals surface area (Å²) in [7, 11) is 0. The van der Waals surface area contributed by atoms with E-state index in [1.165, 1.54) is 5.56 Å². The number of aromatic nitrogens is 1. The number of pyridine rings is 1. The first-order valence-electron chi connectivity index (χ1n) is 7.35. The van der Waals surface area contributed by atoms with Crippen LogP contribution in [0.1, 0.15) is 15.9 Å². The van der Waals surface area contributed by atoms with Gasteiger partial charge in [0.05, 0.1) is 5.56 Å². The van der Waals surface area contributed by atoms with Gasteiger partial charge in [0.15, 0.2) is 0 Å². The van der Waals surface area contributed by atoms with Crippen LogP contribution in [-0.2, 0) is 0 Å². The molecule has 1 aliphatic rings. The highest BCUT2D eigenvalue weighted by atomic mass is 35.5. The van der Waals surface area contributed by atoms with Crippen molar-refractivity contribution in [3.8, 4) is 0 Å². The van der Waals surface area contributed by atoms with Crippen LogP contribution in [0.4, 0.5) is 5.69 Å². The van der Waals surface area contributed by atoms with E-state index < -0.39 is 0 Å². The van der Waals surface area contributed by atoms with Crippen molar-refractivity contribution >= 4 is 48.0 Å². The number of halogens is 3.